The Hall–Kier alpha value is -2.02. The molecule has 0 spiro atoms. The Morgan fingerprint density at radius 3 is 2.41 bits per heavy atom. The van der Waals surface area contributed by atoms with E-state index in [9.17, 15) is 8.42 Å². The normalized spacial score (nSPS) is 11.7. The molecule has 7 heteroatoms. The van der Waals surface area contributed by atoms with Gasteiger partial charge in [-0.1, -0.05) is 0 Å². The molecule has 120 valence electrons. The van der Waals surface area contributed by atoms with E-state index in [1.165, 1.54) is 0 Å². The lowest BCUT2D eigenvalue weighted by Crippen LogP contribution is -2.15. The van der Waals surface area contributed by atoms with E-state index in [0.717, 1.165) is 11.3 Å². The number of nitrogens with zero attached hydrogens (tertiary/aromatic N) is 1. The van der Waals surface area contributed by atoms with Gasteiger partial charge in [-0.25, -0.2) is 8.42 Å². The number of aromatic nitrogens is 2. The van der Waals surface area contributed by atoms with Gasteiger partial charge in [0.15, 0.2) is 0 Å². The first kappa shape index (κ1) is 16.4. The van der Waals surface area contributed by atoms with Crippen LogP contribution >= 0.6 is 0 Å². The molecule has 0 radical (unpaired) electrons. The van der Waals surface area contributed by atoms with E-state index in [1.807, 2.05) is 20.8 Å². The molecule has 0 bridgehead atoms. The molecular weight excluding hydrogens is 302 g/mol. The minimum Gasteiger partial charge on any atom is -0.491 e. The average molecular weight is 323 g/mol. The lowest BCUT2D eigenvalue weighted by molar-refractivity contribution is 0.241. The summed E-state index contributed by atoms with van der Waals surface area (Å²) < 4.78 is 33.2. The summed E-state index contributed by atoms with van der Waals surface area (Å²) in [5, 5.41) is 6.61. The molecule has 6 nitrogen and oxygen atoms in total. The number of benzene rings is 1. The third kappa shape index (κ3) is 3.41. The summed E-state index contributed by atoms with van der Waals surface area (Å²) in [5.74, 6) is 0.744. The van der Waals surface area contributed by atoms with Gasteiger partial charge in [-0.3, -0.25) is 9.82 Å². The van der Waals surface area contributed by atoms with Crippen molar-refractivity contribution in [1.29, 1.82) is 0 Å². The third-order valence-corrected chi connectivity index (χ3v) is 4.76. The lowest BCUT2D eigenvalue weighted by Gasteiger charge is -2.14. The molecule has 0 amide bonds. The zero-order valence-corrected chi connectivity index (χ0v) is 14.2. The summed E-state index contributed by atoms with van der Waals surface area (Å²) in [6.07, 6.45) is 0.0671. The molecule has 0 unspecified atom stereocenters. The second-order valence-electron chi connectivity index (χ2n) is 5.52. The number of nitrogens with one attached hydrogen (secondary N) is 2. The highest BCUT2D eigenvalue weighted by molar-refractivity contribution is 7.92. The van der Waals surface area contributed by atoms with Crippen molar-refractivity contribution in [2.45, 2.75) is 45.6 Å². The van der Waals surface area contributed by atoms with Gasteiger partial charge in [0.25, 0.3) is 10.0 Å². The van der Waals surface area contributed by atoms with E-state index in [1.54, 1.807) is 32.0 Å². The molecule has 1 aromatic carbocycles. The number of hydrogen-bond donors (Lipinski definition) is 2. The molecule has 0 aliphatic carbocycles. The fraction of sp³-hybridized carbons (Fsp3) is 0.400. The van der Waals surface area contributed by atoms with Crippen LogP contribution in [0.15, 0.2) is 23.1 Å². The lowest BCUT2D eigenvalue weighted by atomic mass is 10.2. The van der Waals surface area contributed by atoms with Gasteiger partial charge in [-0.05, 0) is 58.4 Å². The standard InChI is InChI=1S/C15H21N3O3S/c1-9(2)21-14-7-6-13(8-10(14)3)18-22(19,20)15-11(4)16-17-12(15)5/h6-9,18H,1-5H3,(H,16,17). The summed E-state index contributed by atoms with van der Waals surface area (Å²) in [4.78, 5) is 0.188. The number of aromatic amines is 1. The molecule has 0 saturated carbocycles. The minimum atomic E-state index is -3.67. The van der Waals surface area contributed by atoms with Crippen LogP contribution in [-0.4, -0.2) is 24.7 Å². The van der Waals surface area contributed by atoms with Gasteiger partial charge in [0.1, 0.15) is 10.6 Å². The van der Waals surface area contributed by atoms with Crippen LogP contribution in [0.5, 0.6) is 5.75 Å². The highest BCUT2D eigenvalue weighted by Gasteiger charge is 2.22. The van der Waals surface area contributed by atoms with Gasteiger partial charge in [0.2, 0.25) is 0 Å². The van der Waals surface area contributed by atoms with Crippen molar-refractivity contribution < 1.29 is 13.2 Å². The molecule has 0 fully saturated rings. The van der Waals surface area contributed by atoms with Crippen LogP contribution in [0.25, 0.3) is 0 Å². The van der Waals surface area contributed by atoms with Gasteiger partial charge in [0, 0.05) is 5.69 Å². The quantitative estimate of drug-likeness (QED) is 0.886. The number of anilines is 1. The molecule has 2 rings (SSSR count). The summed E-state index contributed by atoms with van der Waals surface area (Å²) in [6.45, 7) is 9.10. The van der Waals surface area contributed by atoms with E-state index in [4.69, 9.17) is 4.74 Å². The van der Waals surface area contributed by atoms with E-state index in [0.29, 0.717) is 17.1 Å². The predicted octanol–water partition coefficient (Wildman–Crippen LogP) is 2.92. The van der Waals surface area contributed by atoms with Crippen LogP contribution in [-0.2, 0) is 10.0 Å². The number of hydrogen-bond acceptors (Lipinski definition) is 4. The van der Waals surface area contributed by atoms with E-state index >= 15 is 0 Å². The molecular formula is C15H21N3O3S. The number of rotatable bonds is 5. The molecule has 0 saturated heterocycles. The Kier molecular flexibility index (Phi) is 4.46. The largest absolute Gasteiger partial charge is 0.491 e. The summed E-state index contributed by atoms with van der Waals surface area (Å²) in [7, 11) is -3.67. The maximum Gasteiger partial charge on any atom is 0.265 e. The Morgan fingerprint density at radius 2 is 1.91 bits per heavy atom. The zero-order valence-electron chi connectivity index (χ0n) is 13.4. The van der Waals surface area contributed by atoms with E-state index in [-0.39, 0.29) is 11.0 Å². The number of ether oxygens (including phenoxy) is 1. The monoisotopic (exact) mass is 323 g/mol. The molecule has 0 aliphatic rings. The molecule has 1 aromatic heterocycles. The fourth-order valence-electron chi connectivity index (χ4n) is 2.24. The Balaban J connectivity index is 2.29. The second kappa shape index (κ2) is 6.00. The SMILES string of the molecule is Cc1cc(NS(=O)(=O)c2c(C)n[nH]c2C)ccc1OC(C)C. The Bertz CT molecular complexity index is 760. The second-order valence-corrected chi connectivity index (χ2v) is 7.13. The van der Waals surface area contributed by atoms with Crippen molar-refractivity contribution in [2.75, 3.05) is 4.72 Å². The van der Waals surface area contributed by atoms with Gasteiger partial charge in [-0.15, -0.1) is 0 Å². The highest BCUT2D eigenvalue weighted by Crippen LogP contribution is 2.26. The molecule has 1 heterocycles. The van der Waals surface area contributed by atoms with Gasteiger partial charge >= 0.3 is 0 Å². The smallest absolute Gasteiger partial charge is 0.265 e. The minimum absolute atomic E-state index is 0.0671. The van der Waals surface area contributed by atoms with Crippen molar-refractivity contribution in [3.63, 3.8) is 0 Å². The molecule has 2 aromatic rings. The Morgan fingerprint density at radius 1 is 1.23 bits per heavy atom. The van der Waals surface area contributed by atoms with Crippen LogP contribution in [0.3, 0.4) is 0 Å². The van der Waals surface area contributed by atoms with Crippen molar-refractivity contribution in [3.05, 3.63) is 35.2 Å². The van der Waals surface area contributed by atoms with Gasteiger partial charge < -0.3 is 4.74 Å². The van der Waals surface area contributed by atoms with Crippen LogP contribution in [0.2, 0.25) is 0 Å². The molecule has 22 heavy (non-hydrogen) atoms. The maximum atomic E-state index is 12.5. The zero-order chi connectivity index (χ0) is 16.5. The number of sulfonamides is 1. The summed E-state index contributed by atoms with van der Waals surface area (Å²) >= 11 is 0. The number of H-pyrrole nitrogens is 1. The van der Waals surface area contributed by atoms with Crippen LogP contribution < -0.4 is 9.46 Å². The predicted molar refractivity (Wildman–Crippen MR) is 85.8 cm³/mol. The molecule has 0 aliphatic heterocycles. The van der Waals surface area contributed by atoms with E-state index < -0.39 is 10.0 Å². The number of aryl methyl sites for hydroxylation is 3. The fourth-order valence-corrected chi connectivity index (χ4v) is 3.66. The highest BCUT2D eigenvalue weighted by atomic mass is 32.2. The van der Waals surface area contributed by atoms with Gasteiger partial charge in [0.05, 0.1) is 17.5 Å². The van der Waals surface area contributed by atoms with Gasteiger partial charge in [-0.2, -0.15) is 5.10 Å². The van der Waals surface area contributed by atoms with E-state index in [2.05, 4.69) is 14.9 Å². The molecule has 0 atom stereocenters. The van der Waals surface area contributed by atoms with Crippen LogP contribution in [0.4, 0.5) is 5.69 Å². The van der Waals surface area contributed by atoms with Crippen molar-refractivity contribution in [3.8, 4) is 5.75 Å². The van der Waals surface area contributed by atoms with Crippen molar-refractivity contribution in [1.82, 2.24) is 10.2 Å². The van der Waals surface area contributed by atoms with Crippen molar-refractivity contribution >= 4 is 15.7 Å². The van der Waals surface area contributed by atoms with Crippen molar-refractivity contribution in [2.24, 2.45) is 0 Å². The summed E-state index contributed by atoms with van der Waals surface area (Å²) in [5.41, 5.74) is 2.33. The summed E-state index contributed by atoms with van der Waals surface area (Å²) in [6, 6.07) is 5.20. The average Bonchev–Trinajstić information content (AvgIpc) is 2.72. The first-order valence-corrected chi connectivity index (χ1v) is 8.50. The first-order valence-electron chi connectivity index (χ1n) is 7.02. The maximum absolute atomic E-state index is 12.5. The van der Waals surface area contributed by atoms with Crippen LogP contribution in [0.1, 0.15) is 30.8 Å². The Labute approximate surface area is 130 Å². The third-order valence-electron chi connectivity index (χ3n) is 3.12. The molecule has 2 N–H and O–H groups in total. The topological polar surface area (TPSA) is 84.1 Å². The van der Waals surface area contributed by atoms with Crippen LogP contribution in [0, 0.1) is 20.8 Å². The first-order chi connectivity index (χ1) is 10.2.